The first kappa shape index (κ1) is 15.4. The predicted octanol–water partition coefficient (Wildman–Crippen LogP) is 2.89. The normalized spacial score (nSPS) is 10.9. The quantitative estimate of drug-likeness (QED) is 0.772. The van der Waals surface area contributed by atoms with Crippen molar-refractivity contribution in [2.75, 3.05) is 0 Å². The van der Waals surface area contributed by atoms with Crippen molar-refractivity contribution < 1.29 is 9.71 Å². The molecule has 1 aromatic heterocycles. The van der Waals surface area contributed by atoms with Crippen LogP contribution < -0.4 is 5.32 Å². The first-order chi connectivity index (χ1) is 11.1. The molecular formula is C19H21FN3+. The smallest absolute Gasteiger partial charge is 0.123 e. The number of hydrogen-bond donors (Lipinski definition) is 1. The van der Waals surface area contributed by atoms with Gasteiger partial charge in [-0.3, -0.25) is 0 Å². The van der Waals surface area contributed by atoms with Crippen LogP contribution in [0.1, 0.15) is 22.5 Å². The maximum absolute atomic E-state index is 13.1. The zero-order valence-corrected chi connectivity index (χ0v) is 13.5. The number of quaternary nitrogens is 1. The topological polar surface area (TPSA) is 34.4 Å². The van der Waals surface area contributed by atoms with Crippen LogP contribution in [-0.2, 0) is 13.1 Å². The van der Waals surface area contributed by atoms with Crippen molar-refractivity contribution in [3.63, 3.8) is 0 Å². The van der Waals surface area contributed by atoms with Gasteiger partial charge in [0, 0.05) is 5.56 Å². The lowest BCUT2D eigenvalue weighted by Crippen LogP contribution is -2.80. The minimum Gasteiger partial charge on any atom is -0.339 e. The molecular weight excluding hydrogens is 289 g/mol. The summed E-state index contributed by atoms with van der Waals surface area (Å²) in [6.07, 6.45) is 0. The number of aromatic nitrogens is 2. The average Bonchev–Trinajstić information content (AvgIpc) is 2.85. The van der Waals surface area contributed by atoms with Gasteiger partial charge in [-0.25, -0.2) is 9.07 Å². The van der Waals surface area contributed by atoms with E-state index in [0.717, 1.165) is 30.2 Å². The Morgan fingerprint density at radius 2 is 1.65 bits per heavy atom. The van der Waals surface area contributed by atoms with Gasteiger partial charge in [0.25, 0.3) is 0 Å². The molecule has 0 spiro atoms. The molecule has 23 heavy (non-hydrogen) atoms. The molecule has 1 heterocycles. The van der Waals surface area contributed by atoms with Gasteiger partial charge in [-0.1, -0.05) is 30.3 Å². The third kappa shape index (κ3) is 3.48. The third-order valence-corrected chi connectivity index (χ3v) is 4.08. The highest BCUT2D eigenvalue weighted by molar-refractivity contribution is 5.36. The highest BCUT2D eigenvalue weighted by atomic mass is 19.1. The Hall–Kier alpha value is -2.46. The molecule has 2 N–H and O–H groups in total. The summed E-state index contributed by atoms with van der Waals surface area (Å²) in [5, 5.41) is 6.89. The van der Waals surface area contributed by atoms with E-state index in [2.05, 4.69) is 41.6 Å². The van der Waals surface area contributed by atoms with Crippen LogP contribution in [0.4, 0.5) is 4.39 Å². The average molecular weight is 310 g/mol. The summed E-state index contributed by atoms with van der Waals surface area (Å²) in [5.41, 5.74) is 5.58. The van der Waals surface area contributed by atoms with Crippen LogP contribution >= 0.6 is 0 Å². The fourth-order valence-electron chi connectivity index (χ4n) is 2.80. The Bertz CT molecular complexity index is 776. The van der Waals surface area contributed by atoms with Gasteiger partial charge < -0.3 is 5.32 Å². The molecule has 0 atom stereocenters. The van der Waals surface area contributed by atoms with Gasteiger partial charge in [-0.05, 0) is 38.1 Å². The lowest BCUT2D eigenvalue weighted by molar-refractivity contribution is -0.686. The molecule has 0 amide bonds. The van der Waals surface area contributed by atoms with Gasteiger partial charge in [0.15, 0.2) is 0 Å². The number of aryl methyl sites for hydroxylation is 1. The number of rotatable bonds is 5. The molecule has 0 aliphatic rings. The van der Waals surface area contributed by atoms with Crippen molar-refractivity contribution in [2.45, 2.75) is 26.9 Å². The van der Waals surface area contributed by atoms with Crippen LogP contribution in [0.2, 0.25) is 0 Å². The van der Waals surface area contributed by atoms with E-state index in [-0.39, 0.29) is 5.82 Å². The molecule has 118 valence electrons. The van der Waals surface area contributed by atoms with E-state index >= 15 is 0 Å². The molecule has 3 rings (SSSR count). The number of halogens is 1. The standard InChI is InChI=1S/C19H20FN3/c1-14-19(13-21-12-16-6-4-3-5-7-16)15(2)23(22-14)18-10-8-17(20)9-11-18/h3-11,21H,12-13H2,1-2H3/p+1. The van der Waals surface area contributed by atoms with Crippen LogP contribution in [0.15, 0.2) is 54.6 Å². The predicted molar refractivity (Wildman–Crippen MR) is 88.8 cm³/mol. The molecule has 4 heteroatoms. The summed E-state index contributed by atoms with van der Waals surface area (Å²) in [6, 6.07) is 16.9. The van der Waals surface area contributed by atoms with Gasteiger partial charge in [0.05, 0.1) is 22.6 Å². The number of nitrogens with two attached hydrogens (primary N) is 1. The van der Waals surface area contributed by atoms with Gasteiger partial charge in [-0.15, -0.1) is 0 Å². The van der Waals surface area contributed by atoms with Crippen LogP contribution in [0, 0.1) is 19.7 Å². The van der Waals surface area contributed by atoms with Crippen molar-refractivity contribution in [1.82, 2.24) is 9.78 Å². The first-order valence-corrected chi connectivity index (χ1v) is 7.82. The van der Waals surface area contributed by atoms with E-state index in [1.54, 1.807) is 12.1 Å². The van der Waals surface area contributed by atoms with Crippen molar-refractivity contribution in [3.05, 3.63) is 82.9 Å². The number of benzene rings is 2. The molecule has 0 saturated carbocycles. The van der Waals surface area contributed by atoms with Gasteiger partial charge in [-0.2, -0.15) is 5.10 Å². The number of hydrogen-bond acceptors (Lipinski definition) is 1. The largest absolute Gasteiger partial charge is 0.339 e. The zero-order valence-electron chi connectivity index (χ0n) is 13.5. The third-order valence-electron chi connectivity index (χ3n) is 4.08. The molecule has 2 aromatic carbocycles. The highest BCUT2D eigenvalue weighted by Gasteiger charge is 2.14. The van der Waals surface area contributed by atoms with Crippen LogP contribution in [-0.4, -0.2) is 9.78 Å². The summed E-state index contributed by atoms with van der Waals surface area (Å²) in [7, 11) is 0. The number of nitrogens with zero attached hydrogens (tertiary/aromatic N) is 2. The van der Waals surface area contributed by atoms with Crippen molar-refractivity contribution in [1.29, 1.82) is 0 Å². The van der Waals surface area contributed by atoms with Gasteiger partial charge >= 0.3 is 0 Å². The summed E-state index contributed by atoms with van der Waals surface area (Å²) in [5.74, 6) is -0.230. The SMILES string of the molecule is Cc1nn(-c2ccc(F)cc2)c(C)c1C[NH2+]Cc1ccccc1. The maximum atomic E-state index is 13.1. The monoisotopic (exact) mass is 310 g/mol. The molecule has 0 aliphatic heterocycles. The second-order valence-corrected chi connectivity index (χ2v) is 5.72. The minimum atomic E-state index is -0.230. The van der Waals surface area contributed by atoms with Crippen molar-refractivity contribution in [2.24, 2.45) is 0 Å². The molecule has 0 aliphatic carbocycles. The second-order valence-electron chi connectivity index (χ2n) is 5.72. The highest BCUT2D eigenvalue weighted by Crippen LogP contribution is 2.17. The first-order valence-electron chi connectivity index (χ1n) is 7.82. The lowest BCUT2D eigenvalue weighted by atomic mass is 10.2. The van der Waals surface area contributed by atoms with Crippen molar-refractivity contribution in [3.8, 4) is 5.69 Å². The summed E-state index contributed by atoms with van der Waals surface area (Å²) >= 11 is 0. The zero-order chi connectivity index (χ0) is 16.2. The Balaban J connectivity index is 1.74. The minimum absolute atomic E-state index is 0.230. The van der Waals surface area contributed by atoms with E-state index in [1.807, 2.05) is 17.7 Å². The van der Waals surface area contributed by atoms with Crippen molar-refractivity contribution >= 4 is 0 Å². The maximum Gasteiger partial charge on any atom is 0.123 e. The fraction of sp³-hybridized carbons (Fsp3) is 0.211. The van der Waals surface area contributed by atoms with Crippen LogP contribution in [0.5, 0.6) is 0 Å². The summed E-state index contributed by atoms with van der Waals surface area (Å²) in [6.45, 7) is 5.92. The van der Waals surface area contributed by atoms with Crippen LogP contribution in [0.25, 0.3) is 5.69 Å². The van der Waals surface area contributed by atoms with E-state index in [0.29, 0.717) is 0 Å². The molecule has 0 saturated heterocycles. The van der Waals surface area contributed by atoms with E-state index in [9.17, 15) is 4.39 Å². The van der Waals surface area contributed by atoms with Gasteiger partial charge in [0.2, 0.25) is 0 Å². The van der Waals surface area contributed by atoms with E-state index in [1.165, 1.54) is 23.3 Å². The Labute approximate surface area is 135 Å². The Morgan fingerprint density at radius 3 is 2.35 bits per heavy atom. The molecule has 3 nitrogen and oxygen atoms in total. The molecule has 0 radical (unpaired) electrons. The lowest BCUT2D eigenvalue weighted by Gasteiger charge is -2.05. The summed E-state index contributed by atoms with van der Waals surface area (Å²) < 4.78 is 15.0. The van der Waals surface area contributed by atoms with Gasteiger partial charge in [0.1, 0.15) is 18.9 Å². The molecule has 0 fully saturated rings. The Kier molecular flexibility index (Phi) is 4.53. The fourth-order valence-corrected chi connectivity index (χ4v) is 2.80. The molecule has 0 unspecified atom stereocenters. The molecule has 0 bridgehead atoms. The van der Waals surface area contributed by atoms with Crippen LogP contribution in [0.3, 0.4) is 0 Å². The Morgan fingerprint density at radius 1 is 0.957 bits per heavy atom. The molecule has 3 aromatic rings. The van der Waals surface area contributed by atoms with E-state index in [4.69, 9.17) is 0 Å². The second kappa shape index (κ2) is 6.75. The van der Waals surface area contributed by atoms with E-state index < -0.39 is 0 Å². The summed E-state index contributed by atoms with van der Waals surface area (Å²) in [4.78, 5) is 0.